The van der Waals surface area contributed by atoms with Gasteiger partial charge in [-0.3, -0.25) is 9.52 Å². The zero-order valence-electron chi connectivity index (χ0n) is 18.8. The summed E-state index contributed by atoms with van der Waals surface area (Å²) >= 11 is 7.44. The topological polar surface area (TPSA) is 105 Å². The first kappa shape index (κ1) is 28.2. The van der Waals surface area contributed by atoms with Crippen LogP contribution in [0.1, 0.15) is 29.5 Å². The molecule has 5 N–H and O–H groups in total. The van der Waals surface area contributed by atoms with Crippen molar-refractivity contribution in [2.75, 3.05) is 20.3 Å². The first-order valence-corrected chi connectivity index (χ1v) is 11.5. The third-order valence-electron chi connectivity index (χ3n) is 4.48. The number of aliphatic hydroxyl groups is 2. The molecule has 0 spiro atoms. The van der Waals surface area contributed by atoms with E-state index in [1.165, 1.54) is 16.5 Å². The maximum absolute atomic E-state index is 10.4. The molecule has 1 heterocycles. The molecule has 1 saturated heterocycles. The van der Waals surface area contributed by atoms with Crippen molar-refractivity contribution in [2.45, 2.75) is 43.8 Å². The molecule has 0 aliphatic carbocycles. The molecule has 2 aromatic carbocycles. The lowest BCUT2D eigenvalue weighted by atomic mass is 10.1. The van der Waals surface area contributed by atoms with E-state index < -0.39 is 5.91 Å². The smallest absolute Gasteiger partial charge is 0.241 e. The Morgan fingerprint density at radius 3 is 2.53 bits per heavy atom. The lowest BCUT2D eigenvalue weighted by Crippen LogP contribution is -2.34. The van der Waals surface area contributed by atoms with Crippen LogP contribution >= 0.6 is 23.5 Å². The number of aryl methyl sites for hydroxylation is 2. The Morgan fingerprint density at radius 1 is 1.25 bits per heavy atom. The van der Waals surface area contributed by atoms with Crippen LogP contribution in [-0.2, 0) is 9.53 Å². The fourth-order valence-corrected chi connectivity index (χ4v) is 3.60. The predicted molar refractivity (Wildman–Crippen MR) is 133 cm³/mol. The standard InChI is InChI=1S/C13H19NO2S.C10H10ClNO.CH4O/c1-10-2-4-13(5-3-10)17-14-9-12-8-11(15)6-7-16-12;1-7-6-8(2-4-9(7)11)3-5-10(12)13;1-2/h2-5,11-12,14-15H,6-9H2,1H3;2-6H,1H3,(H2,12,13);2H,1H3/b;5-3+;. The summed E-state index contributed by atoms with van der Waals surface area (Å²) in [6.45, 7) is 5.43. The third kappa shape index (κ3) is 11.7. The fourth-order valence-electron chi connectivity index (χ4n) is 2.78. The number of benzene rings is 2. The van der Waals surface area contributed by atoms with Gasteiger partial charge in [0.1, 0.15) is 0 Å². The van der Waals surface area contributed by atoms with Gasteiger partial charge in [0.25, 0.3) is 0 Å². The number of carbonyl (C=O) groups is 1. The molecule has 1 aliphatic rings. The molecule has 0 aromatic heterocycles. The number of hydrogen-bond donors (Lipinski definition) is 4. The lowest BCUT2D eigenvalue weighted by Gasteiger charge is -2.26. The highest BCUT2D eigenvalue weighted by molar-refractivity contribution is 7.97. The van der Waals surface area contributed by atoms with Gasteiger partial charge in [-0.2, -0.15) is 0 Å². The quantitative estimate of drug-likeness (QED) is 0.369. The van der Waals surface area contributed by atoms with Gasteiger partial charge >= 0.3 is 0 Å². The number of rotatable bonds is 6. The van der Waals surface area contributed by atoms with Gasteiger partial charge in [0.05, 0.1) is 12.2 Å². The highest BCUT2D eigenvalue weighted by atomic mass is 35.5. The van der Waals surface area contributed by atoms with Crippen molar-refractivity contribution in [3.05, 3.63) is 70.3 Å². The highest BCUT2D eigenvalue weighted by Crippen LogP contribution is 2.18. The van der Waals surface area contributed by atoms with Gasteiger partial charge in [-0.1, -0.05) is 41.4 Å². The average Bonchev–Trinajstić information content (AvgIpc) is 2.78. The van der Waals surface area contributed by atoms with Gasteiger partial charge in [0.2, 0.25) is 5.91 Å². The van der Waals surface area contributed by atoms with Crippen LogP contribution in [0.3, 0.4) is 0 Å². The van der Waals surface area contributed by atoms with E-state index in [4.69, 9.17) is 27.2 Å². The van der Waals surface area contributed by atoms with Crippen LogP contribution in [0.5, 0.6) is 0 Å². The minimum atomic E-state index is -0.451. The monoisotopic (exact) mass is 480 g/mol. The maximum atomic E-state index is 10.4. The van der Waals surface area contributed by atoms with Crippen molar-refractivity contribution in [3.63, 3.8) is 0 Å². The summed E-state index contributed by atoms with van der Waals surface area (Å²) in [5.74, 6) is -0.451. The highest BCUT2D eigenvalue weighted by Gasteiger charge is 2.20. The second kappa shape index (κ2) is 15.9. The van der Waals surface area contributed by atoms with Crippen molar-refractivity contribution in [1.82, 2.24) is 4.72 Å². The zero-order valence-corrected chi connectivity index (χ0v) is 20.3. The van der Waals surface area contributed by atoms with Gasteiger partial charge in [-0.25, -0.2) is 0 Å². The van der Waals surface area contributed by atoms with Gasteiger partial charge in [0, 0.05) is 42.7 Å². The predicted octanol–water partition coefficient (Wildman–Crippen LogP) is 3.89. The third-order valence-corrected chi connectivity index (χ3v) is 5.73. The largest absolute Gasteiger partial charge is 0.400 e. The van der Waals surface area contributed by atoms with Crippen LogP contribution in [0.2, 0.25) is 5.02 Å². The Balaban J connectivity index is 0.000000307. The number of halogens is 1. The first-order valence-electron chi connectivity index (χ1n) is 10.3. The summed E-state index contributed by atoms with van der Waals surface area (Å²) in [6, 6.07) is 13.9. The molecule has 1 fully saturated rings. The van der Waals surface area contributed by atoms with E-state index in [-0.39, 0.29) is 12.2 Å². The first-order chi connectivity index (χ1) is 15.3. The fraction of sp³-hybridized carbons (Fsp3) is 0.375. The van der Waals surface area contributed by atoms with E-state index in [9.17, 15) is 9.90 Å². The molecular formula is C24H33ClN2O4S. The number of hydrogen-bond acceptors (Lipinski definition) is 6. The Bertz CT molecular complexity index is 846. The summed E-state index contributed by atoms with van der Waals surface area (Å²) in [5, 5.41) is 17.2. The molecule has 1 aliphatic heterocycles. The molecule has 0 saturated carbocycles. The molecule has 2 unspecified atom stereocenters. The lowest BCUT2D eigenvalue weighted by molar-refractivity contribution is -0.113. The van der Waals surface area contributed by atoms with E-state index in [2.05, 4.69) is 35.9 Å². The second-order valence-corrected chi connectivity index (χ2v) is 8.55. The number of ether oxygens (including phenoxy) is 1. The van der Waals surface area contributed by atoms with E-state index >= 15 is 0 Å². The summed E-state index contributed by atoms with van der Waals surface area (Å²) in [5.41, 5.74) is 8.13. The average molecular weight is 481 g/mol. The van der Waals surface area contributed by atoms with Crippen LogP contribution < -0.4 is 10.5 Å². The van der Waals surface area contributed by atoms with Gasteiger partial charge in [0.15, 0.2) is 0 Å². The number of primary amides is 1. The second-order valence-electron chi connectivity index (χ2n) is 7.18. The molecule has 32 heavy (non-hydrogen) atoms. The summed E-state index contributed by atoms with van der Waals surface area (Å²) in [6.07, 6.45) is 4.42. The number of aliphatic hydroxyl groups excluding tert-OH is 2. The number of nitrogens with one attached hydrogen (secondary N) is 1. The summed E-state index contributed by atoms with van der Waals surface area (Å²) in [7, 11) is 1.00. The van der Waals surface area contributed by atoms with Gasteiger partial charge in [-0.05, 0) is 67.6 Å². The van der Waals surface area contributed by atoms with Gasteiger partial charge in [-0.15, -0.1) is 0 Å². The Hall–Kier alpha value is -1.87. The molecular weight excluding hydrogens is 448 g/mol. The number of nitrogens with two attached hydrogens (primary N) is 1. The van der Waals surface area contributed by atoms with E-state index in [1.807, 2.05) is 19.1 Å². The van der Waals surface area contributed by atoms with Crippen molar-refractivity contribution < 1.29 is 19.7 Å². The van der Waals surface area contributed by atoms with Gasteiger partial charge < -0.3 is 20.7 Å². The molecule has 2 aromatic rings. The zero-order chi connectivity index (χ0) is 23.9. The normalized spacial score (nSPS) is 17.7. The number of carbonyl (C=O) groups excluding carboxylic acids is 1. The Labute approximate surface area is 199 Å². The summed E-state index contributed by atoms with van der Waals surface area (Å²) < 4.78 is 8.86. The molecule has 0 radical (unpaired) electrons. The van der Waals surface area contributed by atoms with Crippen molar-refractivity contribution in [1.29, 1.82) is 0 Å². The SMILES string of the molecule is CO.Cc1cc(/C=C/C(N)=O)ccc1Cl.Cc1ccc(SNCC2CC(O)CCO2)cc1. The van der Waals surface area contributed by atoms with E-state index in [0.29, 0.717) is 6.61 Å². The van der Waals surface area contributed by atoms with E-state index in [0.717, 1.165) is 42.6 Å². The molecule has 3 rings (SSSR count). The minimum absolute atomic E-state index is 0.136. The van der Waals surface area contributed by atoms with E-state index in [1.54, 1.807) is 24.1 Å². The molecule has 0 bridgehead atoms. The summed E-state index contributed by atoms with van der Waals surface area (Å²) in [4.78, 5) is 11.6. The van der Waals surface area contributed by atoms with Crippen molar-refractivity contribution in [3.8, 4) is 0 Å². The molecule has 2 atom stereocenters. The Morgan fingerprint density at radius 2 is 1.94 bits per heavy atom. The molecule has 1 amide bonds. The van der Waals surface area contributed by atoms with Crippen LogP contribution in [0.25, 0.3) is 6.08 Å². The molecule has 6 nitrogen and oxygen atoms in total. The van der Waals surface area contributed by atoms with Crippen molar-refractivity contribution >= 4 is 35.5 Å². The van der Waals surface area contributed by atoms with Crippen LogP contribution in [0.15, 0.2) is 53.4 Å². The molecule has 176 valence electrons. The maximum Gasteiger partial charge on any atom is 0.241 e. The van der Waals surface area contributed by atoms with Crippen LogP contribution in [-0.4, -0.2) is 48.6 Å². The van der Waals surface area contributed by atoms with Crippen LogP contribution in [0.4, 0.5) is 0 Å². The minimum Gasteiger partial charge on any atom is -0.400 e. The Kier molecular flexibility index (Phi) is 14.0. The molecule has 8 heteroatoms. The van der Waals surface area contributed by atoms with Crippen molar-refractivity contribution in [2.24, 2.45) is 5.73 Å². The van der Waals surface area contributed by atoms with Crippen LogP contribution in [0, 0.1) is 13.8 Å². The number of amides is 1.